The van der Waals surface area contributed by atoms with Crippen LogP contribution in [0.1, 0.15) is 16.8 Å². The maximum atomic E-state index is 5.69. The molecule has 0 N–H and O–H groups in total. The molecule has 0 unspecified atom stereocenters. The maximum Gasteiger partial charge on any atom is 0.169 e. The van der Waals surface area contributed by atoms with Crippen LogP contribution in [0.3, 0.4) is 0 Å². The summed E-state index contributed by atoms with van der Waals surface area (Å²) in [7, 11) is 0. The fourth-order valence-corrected chi connectivity index (χ4v) is 4.80. The molecule has 0 atom stereocenters. The SMILES string of the molecule is c1ccc(-n2cc(CN3CCc4nc(-c5cccs5)ncc4C3)c(-c3ccco3)n2)cc1. The van der Waals surface area contributed by atoms with Gasteiger partial charge in [-0.15, -0.1) is 11.3 Å². The van der Waals surface area contributed by atoms with Crippen molar-refractivity contribution in [2.75, 3.05) is 6.54 Å². The van der Waals surface area contributed by atoms with E-state index in [4.69, 9.17) is 14.5 Å². The standard InChI is InChI=1S/C25H21N5OS/c1-2-6-20(7-3-1)30-17-19(24(28-30)22-8-4-12-31-22)16-29-11-10-21-18(15-29)14-26-25(27-21)23-9-5-13-32-23/h1-9,12-14,17H,10-11,15-16H2. The van der Waals surface area contributed by atoms with Crippen LogP contribution in [0.4, 0.5) is 0 Å². The third kappa shape index (κ3) is 3.66. The number of thiophene rings is 1. The van der Waals surface area contributed by atoms with Crippen molar-refractivity contribution in [2.24, 2.45) is 0 Å². The first-order valence-electron chi connectivity index (χ1n) is 10.6. The molecular weight excluding hydrogens is 418 g/mol. The van der Waals surface area contributed by atoms with Crippen LogP contribution >= 0.6 is 11.3 Å². The van der Waals surface area contributed by atoms with Gasteiger partial charge in [-0.1, -0.05) is 24.3 Å². The quantitative estimate of drug-likeness (QED) is 0.376. The molecule has 0 saturated carbocycles. The Morgan fingerprint density at radius 1 is 1.03 bits per heavy atom. The molecule has 158 valence electrons. The molecule has 1 aromatic carbocycles. The summed E-state index contributed by atoms with van der Waals surface area (Å²) in [5.74, 6) is 1.62. The summed E-state index contributed by atoms with van der Waals surface area (Å²) < 4.78 is 7.62. The zero-order chi connectivity index (χ0) is 21.3. The second-order valence-corrected chi connectivity index (χ2v) is 8.81. The van der Waals surface area contributed by atoms with Crippen LogP contribution in [-0.4, -0.2) is 31.2 Å². The highest BCUT2D eigenvalue weighted by molar-refractivity contribution is 7.13. The normalized spacial score (nSPS) is 13.9. The Hall–Kier alpha value is -3.55. The molecule has 1 aliphatic rings. The van der Waals surface area contributed by atoms with Gasteiger partial charge in [0.25, 0.3) is 0 Å². The third-order valence-corrected chi connectivity index (χ3v) is 6.58. The van der Waals surface area contributed by atoms with E-state index in [1.165, 1.54) is 5.56 Å². The van der Waals surface area contributed by atoms with E-state index in [2.05, 4.69) is 39.7 Å². The molecule has 0 spiro atoms. The molecule has 4 aromatic heterocycles. The number of hydrogen-bond donors (Lipinski definition) is 0. The van der Waals surface area contributed by atoms with E-state index in [9.17, 15) is 0 Å². The van der Waals surface area contributed by atoms with E-state index in [1.54, 1.807) is 17.6 Å². The van der Waals surface area contributed by atoms with Crippen LogP contribution in [-0.2, 0) is 19.5 Å². The van der Waals surface area contributed by atoms with Crippen molar-refractivity contribution in [3.63, 3.8) is 0 Å². The molecule has 1 aliphatic heterocycles. The Bertz CT molecular complexity index is 1330. The fraction of sp³-hybridized carbons (Fsp3) is 0.160. The minimum Gasteiger partial charge on any atom is -0.463 e. The van der Waals surface area contributed by atoms with Crippen LogP contribution in [0, 0.1) is 0 Å². The highest BCUT2D eigenvalue weighted by Gasteiger charge is 2.22. The molecular formula is C25H21N5OS. The van der Waals surface area contributed by atoms with Crippen molar-refractivity contribution in [3.8, 4) is 27.8 Å². The van der Waals surface area contributed by atoms with Gasteiger partial charge in [0.2, 0.25) is 0 Å². The Labute approximate surface area is 189 Å². The number of para-hydroxylation sites is 1. The molecule has 0 radical (unpaired) electrons. The van der Waals surface area contributed by atoms with Gasteiger partial charge in [-0.05, 0) is 35.7 Å². The van der Waals surface area contributed by atoms with Gasteiger partial charge in [0, 0.05) is 49.6 Å². The first-order valence-corrected chi connectivity index (χ1v) is 11.5. The van der Waals surface area contributed by atoms with Crippen molar-refractivity contribution in [1.82, 2.24) is 24.6 Å². The van der Waals surface area contributed by atoms with Gasteiger partial charge in [-0.2, -0.15) is 5.10 Å². The Kier molecular flexibility index (Phi) is 4.90. The minimum absolute atomic E-state index is 0.787. The number of benzene rings is 1. The smallest absolute Gasteiger partial charge is 0.169 e. The van der Waals surface area contributed by atoms with Crippen LogP contribution < -0.4 is 0 Å². The summed E-state index contributed by atoms with van der Waals surface area (Å²) >= 11 is 1.68. The fourth-order valence-electron chi connectivity index (χ4n) is 4.13. The minimum atomic E-state index is 0.787. The average Bonchev–Trinajstić information content (AvgIpc) is 3.61. The topological polar surface area (TPSA) is 60.0 Å². The highest BCUT2D eigenvalue weighted by Crippen LogP contribution is 2.28. The molecule has 0 aliphatic carbocycles. The first-order chi connectivity index (χ1) is 15.8. The second kappa shape index (κ2) is 8.18. The zero-order valence-corrected chi connectivity index (χ0v) is 18.2. The van der Waals surface area contributed by atoms with Crippen molar-refractivity contribution in [2.45, 2.75) is 19.5 Å². The Balaban J connectivity index is 1.27. The highest BCUT2D eigenvalue weighted by atomic mass is 32.1. The molecule has 0 saturated heterocycles. The molecule has 7 heteroatoms. The Morgan fingerprint density at radius 3 is 2.78 bits per heavy atom. The maximum absolute atomic E-state index is 5.69. The molecule has 0 fully saturated rings. The summed E-state index contributed by atoms with van der Waals surface area (Å²) in [5, 5.41) is 6.91. The van der Waals surface area contributed by atoms with Crippen molar-refractivity contribution in [1.29, 1.82) is 0 Å². The summed E-state index contributed by atoms with van der Waals surface area (Å²) in [6.45, 7) is 2.56. The average molecular weight is 440 g/mol. The third-order valence-electron chi connectivity index (χ3n) is 5.71. The number of rotatable bonds is 5. The zero-order valence-electron chi connectivity index (χ0n) is 17.4. The predicted octanol–water partition coefficient (Wildman–Crippen LogP) is 5.21. The first kappa shape index (κ1) is 19.2. The van der Waals surface area contributed by atoms with Gasteiger partial charge < -0.3 is 4.42 Å². The van der Waals surface area contributed by atoms with Gasteiger partial charge in [0.1, 0.15) is 5.69 Å². The predicted molar refractivity (Wildman–Crippen MR) is 124 cm³/mol. The van der Waals surface area contributed by atoms with Crippen molar-refractivity contribution in [3.05, 3.63) is 95.5 Å². The van der Waals surface area contributed by atoms with Crippen molar-refractivity contribution < 1.29 is 4.42 Å². The lowest BCUT2D eigenvalue weighted by Gasteiger charge is -2.27. The lowest BCUT2D eigenvalue weighted by molar-refractivity contribution is 0.243. The number of fused-ring (bicyclic) bond motifs is 1. The largest absolute Gasteiger partial charge is 0.463 e. The number of aromatic nitrogens is 4. The van der Waals surface area contributed by atoms with E-state index in [1.807, 2.05) is 47.3 Å². The molecule has 5 aromatic rings. The Morgan fingerprint density at radius 2 is 1.97 bits per heavy atom. The van der Waals surface area contributed by atoms with Gasteiger partial charge in [-0.3, -0.25) is 4.90 Å². The van der Waals surface area contributed by atoms with Crippen molar-refractivity contribution >= 4 is 11.3 Å². The number of hydrogen-bond acceptors (Lipinski definition) is 6. The summed E-state index contributed by atoms with van der Waals surface area (Å²) in [6, 6.07) is 18.2. The van der Waals surface area contributed by atoms with Gasteiger partial charge in [0.15, 0.2) is 11.6 Å². The lowest BCUT2D eigenvalue weighted by atomic mass is 10.1. The van der Waals surface area contributed by atoms with Crippen LogP contribution in [0.15, 0.2) is 83.1 Å². The molecule has 6 nitrogen and oxygen atoms in total. The molecule has 5 heterocycles. The second-order valence-electron chi connectivity index (χ2n) is 7.86. The summed E-state index contributed by atoms with van der Waals surface area (Å²) in [6.07, 6.45) is 6.71. The molecule has 0 bridgehead atoms. The van der Waals surface area contributed by atoms with Gasteiger partial charge >= 0.3 is 0 Å². The molecule has 0 amide bonds. The van der Waals surface area contributed by atoms with Gasteiger partial charge in [-0.25, -0.2) is 14.6 Å². The monoisotopic (exact) mass is 439 g/mol. The van der Waals surface area contributed by atoms with Gasteiger partial charge in [0.05, 0.1) is 22.5 Å². The summed E-state index contributed by atoms with van der Waals surface area (Å²) in [4.78, 5) is 13.0. The lowest BCUT2D eigenvalue weighted by Crippen LogP contribution is -2.31. The number of nitrogens with zero attached hydrogens (tertiary/aromatic N) is 5. The van der Waals surface area contributed by atoms with E-state index >= 15 is 0 Å². The molecule has 32 heavy (non-hydrogen) atoms. The van der Waals surface area contributed by atoms with Crippen LogP contribution in [0.5, 0.6) is 0 Å². The van der Waals surface area contributed by atoms with Crippen LogP contribution in [0.2, 0.25) is 0 Å². The van der Waals surface area contributed by atoms with E-state index < -0.39 is 0 Å². The van der Waals surface area contributed by atoms with E-state index in [0.717, 1.165) is 65.2 Å². The van der Waals surface area contributed by atoms with E-state index in [0.29, 0.717) is 0 Å². The van der Waals surface area contributed by atoms with Crippen LogP contribution in [0.25, 0.3) is 27.8 Å². The van der Waals surface area contributed by atoms with E-state index in [-0.39, 0.29) is 0 Å². The number of furan rings is 1. The summed E-state index contributed by atoms with van der Waals surface area (Å²) in [5.41, 5.74) is 5.42. The molecule has 6 rings (SSSR count).